The van der Waals surface area contributed by atoms with E-state index in [0.29, 0.717) is 28.2 Å². The van der Waals surface area contributed by atoms with E-state index in [-0.39, 0.29) is 23.5 Å². The molecule has 1 amide bonds. The zero-order chi connectivity index (χ0) is 19.6. The van der Waals surface area contributed by atoms with Crippen molar-refractivity contribution in [2.24, 2.45) is 0 Å². The second kappa shape index (κ2) is 7.34. The van der Waals surface area contributed by atoms with Crippen LogP contribution in [0.25, 0.3) is 11.1 Å². The van der Waals surface area contributed by atoms with Crippen molar-refractivity contribution in [2.45, 2.75) is 39.2 Å². The summed E-state index contributed by atoms with van der Waals surface area (Å²) >= 11 is 0. The van der Waals surface area contributed by atoms with Gasteiger partial charge in [0.25, 0.3) is 0 Å². The molecule has 5 nitrogen and oxygen atoms in total. The fraction of sp³-hybridized carbons (Fsp3) is 0.300. The van der Waals surface area contributed by atoms with Gasteiger partial charge < -0.3 is 14.5 Å². The van der Waals surface area contributed by atoms with Crippen LogP contribution in [-0.2, 0) is 16.6 Å². The molecule has 0 bridgehead atoms. The van der Waals surface area contributed by atoms with Gasteiger partial charge in [0, 0.05) is 11.1 Å². The summed E-state index contributed by atoms with van der Waals surface area (Å²) in [5.41, 5.74) is 2.42. The second-order valence-electron chi connectivity index (χ2n) is 7.20. The van der Waals surface area contributed by atoms with Crippen LogP contribution in [0.15, 0.2) is 46.9 Å². The number of carbonyl (C=O) groups excluding carboxylic acids is 1. The van der Waals surface area contributed by atoms with Gasteiger partial charge in [-0.15, -0.1) is 0 Å². The molecule has 0 radical (unpaired) electrons. The average Bonchev–Trinajstić information content (AvgIpc) is 3.00. The lowest BCUT2D eigenvalue weighted by molar-refractivity contribution is -0.115. The van der Waals surface area contributed by atoms with Crippen molar-refractivity contribution in [3.63, 3.8) is 0 Å². The number of nitrogens with zero attached hydrogens (tertiary/aromatic N) is 1. The maximum atomic E-state index is 12.2. The number of aromatic nitrogens is 1. The third kappa shape index (κ3) is 4.81. The summed E-state index contributed by atoms with van der Waals surface area (Å²) in [6.07, 6.45) is 0.110. The molecule has 0 aliphatic rings. The number of alkyl halides is 2. The van der Waals surface area contributed by atoms with Crippen molar-refractivity contribution in [1.82, 2.24) is 4.98 Å². The lowest BCUT2D eigenvalue weighted by Gasteiger charge is -2.11. The molecule has 3 aromatic rings. The number of anilines is 1. The van der Waals surface area contributed by atoms with Crippen molar-refractivity contribution < 1.29 is 22.7 Å². The first-order chi connectivity index (χ1) is 12.7. The summed E-state index contributed by atoms with van der Waals surface area (Å²) in [6, 6.07) is 11.2. The first-order valence-corrected chi connectivity index (χ1v) is 8.45. The molecule has 27 heavy (non-hydrogen) atoms. The Hall–Kier alpha value is -2.96. The Balaban J connectivity index is 1.66. The predicted molar refractivity (Wildman–Crippen MR) is 98.1 cm³/mol. The summed E-state index contributed by atoms with van der Waals surface area (Å²) in [6.45, 7) is 3.16. The average molecular weight is 374 g/mol. The fourth-order valence-electron chi connectivity index (χ4n) is 2.51. The van der Waals surface area contributed by atoms with E-state index in [1.807, 2.05) is 20.8 Å². The third-order valence-electron chi connectivity index (χ3n) is 3.83. The summed E-state index contributed by atoms with van der Waals surface area (Å²) < 4.78 is 34.3. The summed E-state index contributed by atoms with van der Waals surface area (Å²) in [7, 11) is 0. The van der Waals surface area contributed by atoms with Crippen LogP contribution in [0.1, 0.15) is 32.2 Å². The minimum atomic E-state index is -2.87. The number of oxazole rings is 1. The predicted octanol–water partition coefficient (Wildman–Crippen LogP) is 4.91. The molecule has 1 aromatic heterocycles. The van der Waals surface area contributed by atoms with Crippen molar-refractivity contribution in [3.8, 4) is 5.75 Å². The number of amides is 1. The van der Waals surface area contributed by atoms with Crippen LogP contribution in [0.2, 0.25) is 0 Å². The van der Waals surface area contributed by atoms with Gasteiger partial charge in [-0.05, 0) is 35.9 Å². The highest BCUT2D eigenvalue weighted by atomic mass is 19.3. The monoisotopic (exact) mass is 374 g/mol. The number of ether oxygens (including phenoxy) is 1. The Kier molecular flexibility index (Phi) is 5.12. The normalized spacial score (nSPS) is 11.8. The number of hydrogen-bond acceptors (Lipinski definition) is 4. The van der Waals surface area contributed by atoms with Gasteiger partial charge in [-0.25, -0.2) is 4.98 Å². The number of hydrogen-bond donors (Lipinski definition) is 1. The van der Waals surface area contributed by atoms with E-state index < -0.39 is 6.61 Å². The van der Waals surface area contributed by atoms with Gasteiger partial charge in [-0.3, -0.25) is 4.79 Å². The molecule has 2 aromatic carbocycles. The number of carbonyl (C=O) groups is 1. The molecule has 142 valence electrons. The lowest BCUT2D eigenvalue weighted by atomic mass is 9.97. The minimum Gasteiger partial charge on any atom is -0.440 e. The highest BCUT2D eigenvalue weighted by Gasteiger charge is 2.21. The van der Waals surface area contributed by atoms with E-state index in [2.05, 4.69) is 15.0 Å². The van der Waals surface area contributed by atoms with Crippen molar-refractivity contribution in [1.29, 1.82) is 0 Å². The van der Waals surface area contributed by atoms with E-state index >= 15 is 0 Å². The second-order valence-corrected chi connectivity index (χ2v) is 7.20. The largest absolute Gasteiger partial charge is 0.440 e. The molecule has 0 saturated heterocycles. The van der Waals surface area contributed by atoms with Crippen LogP contribution in [-0.4, -0.2) is 17.5 Å². The van der Waals surface area contributed by atoms with Crippen LogP contribution in [0.4, 0.5) is 14.5 Å². The Morgan fingerprint density at radius 2 is 1.89 bits per heavy atom. The Bertz CT molecular complexity index is 944. The third-order valence-corrected chi connectivity index (χ3v) is 3.83. The molecule has 0 atom stereocenters. The standard InChI is InChI=1S/C20H20F2N2O3/c1-20(2,3)18-24-15-11-13(6-9-16(15)27-18)23-17(25)10-12-4-7-14(8-5-12)26-19(21)22/h4-9,11,19H,10H2,1-3H3,(H,23,25). The topological polar surface area (TPSA) is 64.4 Å². The van der Waals surface area contributed by atoms with E-state index in [9.17, 15) is 13.6 Å². The number of halogens is 2. The molecule has 0 saturated carbocycles. The highest BCUT2D eigenvalue weighted by Crippen LogP contribution is 2.27. The molecule has 1 heterocycles. The van der Waals surface area contributed by atoms with Crippen molar-refractivity contribution in [2.75, 3.05) is 5.32 Å². The summed E-state index contributed by atoms with van der Waals surface area (Å²) in [5.74, 6) is 0.462. The number of nitrogens with one attached hydrogen (secondary N) is 1. The quantitative estimate of drug-likeness (QED) is 0.689. The van der Waals surface area contributed by atoms with Gasteiger partial charge in [-0.1, -0.05) is 32.9 Å². The van der Waals surface area contributed by atoms with Gasteiger partial charge in [0.2, 0.25) is 11.8 Å². The Morgan fingerprint density at radius 3 is 2.52 bits per heavy atom. The molecule has 0 spiro atoms. The maximum Gasteiger partial charge on any atom is 0.387 e. The summed E-state index contributed by atoms with van der Waals surface area (Å²) in [4.78, 5) is 16.7. The van der Waals surface area contributed by atoms with Gasteiger partial charge in [0.15, 0.2) is 5.58 Å². The fourth-order valence-corrected chi connectivity index (χ4v) is 2.51. The van der Waals surface area contributed by atoms with Gasteiger partial charge in [-0.2, -0.15) is 8.78 Å². The van der Waals surface area contributed by atoms with E-state index in [0.717, 1.165) is 0 Å². The smallest absolute Gasteiger partial charge is 0.387 e. The van der Waals surface area contributed by atoms with Crippen LogP contribution in [0.3, 0.4) is 0 Å². The van der Waals surface area contributed by atoms with Gasteiger partial charge in [0.1, 0.15) is 11.3 Å². The van der Waals surface area contributed by atoms with Crippen LogP contribution >= 0.6 is 0 Å². The van der Waals surface area contributed by atoms with Crippen molar-refractivity contribution >= 4 is 22.7 Å². The van der Waals surface area contributed by atoms with Crippen LogP contribution in [0.5, 0.6) is 5.75 Å². The Labute approximate surface area is 155 Å². The Morgan fingerprint density at radius 1 is 1.19 bits per heavy atom. The molecule has 7 heteroatoms. The molecule has 3 rings (SSSR count). The molecule has 0 aliphatic carbocycles. The van der Waals surface area contributed by atoms with E-state index in [4.69, 9.17) is 4.42 Å². The highest BCUT2D eigenvalue weighted by molar-refractivity contribution is 5.94. The zero-order valence-electron chi connectivity index (χ0n) is 15.3. The van der Waals surface area contributed by atoms with Crippen molar-refractivity contribution in [3.05, 3.63) is 53.9 Å². The first-order valence-electron chi connectivity index (χ1n) is 8.45. The summed E-state index contributed by atoms with van der Waals surface area (Å²) in [5, 5.41) is 2.81. The van der Waals surface area contributed by atoms with Crippen LogP contribution < -0.4 is 10.1 Å². The number of benzene rings is 2. The molecule has 0 fully saturated rings. The van der Waals surface area contributed by atoms with E-state index in [1.165, 1.54) is 12.1 Å². The molecular weight excluding hydrogens is 354 g/mol. The lowest BCUT2D eigenvalue weighted by Crippen LogP contribution is -2.14. The number of rotatable bonds is 5. The van der Waals surface area contributed by atoms with Gasteiger partial charge >= 0.3 is 6.61 Å². The van der Waals surface area contributed by atoms with E-state index in [1.54, 1.807) is 30.3 Å². The molecule has 0 unspecified atom stereocenters. The SMILES string of the molecule is CC(C)(C)c1nc2cc(NC(=O)Cc3ccc(OC(F)F)cc3)ccc2o1. The zero-order valence-corrected chi connectivity index (χ0v) is 15.3. The van der Waals surface area contributed by atoms with Crippen LogP contribution in [0, 0.1) is 0 Å². The first kappa shape index (κ1) is 18.8. The molecule has 0 aliphatic heterocycles. The maximum absolute atomic E-state index is 12.2. The number of fused-ring (bicyclic) bond motifs is 1. The minimum absolute atomic E-state index is 0.0558. The van der Waals surface area contributed by atoms with Gasteiger partial charge in [0.05, 0.1) is 6.42 Å². The molecular formula is C20H20F2N2O3. The molecule has 1 N–H and O–H groups in total.